The molecule has 0 aliphatic rings. The summed E-state index contributed by atoms with van der Waals surface area (Å²) in [6, 6.07) is 0. The van der Waals surface area contributed by atoms with Crippen LogP contribution in [-0.4, -0.2) is 22.7 Å². The fourth-order valence-corrected chi connectivity index (χ4v) is 1.10. The van der Waals surface area contributed by atoms with Crippen molar-refractivity contribution in [3.05, 3.63) is 16.0 Å². The molecule has 0 aliphatic carbocycles. The Morgan fingerprint density at radius 2 is 2.64 bits per heavy atom. The van der Waals surface area contributed by atoms with Crippen LogP contribution in [0.1, 0.15) is 0 Å². The number of carbonyl (C=O) groups is 1. The Hall–Kier alpha value is -0.590. The molecule has 0 aliphatic heterocycles. The largest absolute Gasteiger partial charge is 0.358 e. The number of likely N-dealkylation sites (N-methyl/N-ethyl adjacent to an activating group) is 1. The zero-order chi connectivity index (χ0) is 8.27. The molecule has 4 nitrogen and oxygen atoms in total. The quantitative estimate of drug-likeness (QED) is 0.778. The molecule has 0 fully saturated rings. The van der Waals surface area contributed by atoms with Gasteiger partial charge in [0.15, 0.2) is 0 Å². The van der Waals surface area contributed by atoms with E-state index in [4.69, 9.17) is 0 Å². The van der Waals surface area contributed by atoms with Crippen molar-refractivity contribution in [2.24, 2.45) is 0 Å². The Balaban J connectivity index is 2.57. The maximum absolute atomic E-state index is 10.8. The topological polar surface area (TPSA) is 46.9 Å². The third kappa shape index (κ3) is 2.49. The number of rotatable bonds is 2. The Morgan fingerprint density at radius 1 is 1.91 bits per heavy atom. The third-order valence-corrected chi connectivity index (χ3v) is 1.74. The van der Waals surface area contributed by atoms with Gasteiger partial charge in [-0.15, -0.1) is 0 Å². The van der Waals surface area contributed by atoms with Crippen molar-refractivity contribution in [1.82, 2.24) is 15.1 Å². The molecule has 1 rings (SSSR count). The fourth-order valence-electron chi connectivity index (χ4n) is 0.651. The maximum atomic E-state index is 10.8. The number of nitrogens with zero attached hydrogens (tertiary/aromatic N) is 2. The van der Waals surface area contributed by atoms with E-state index in [2.05, 4.69) is 33.0 Å². The molecule has 0 aromatic carbocycles. The first-order chi connectivity index (χ1) is 5.22. The van der Waals surface area contributed by atoms with Crippen LogP contribution >= 0.6 is 22.6 Å². The van der Waals surface area contributed by atoms with Gasteiger partial charge in [-0.2, -0.15) is 5.10 Å². The minimum atomic E-state index is -0.0375. The monoisotopic (exact) mass is 265 g/mol. The van der Waals surface area contributed by atoms with E-state index < -0.39 is 0 Å². The Morgan fingerprint density at radius 3 is 3.09 bits per heavy atom. The molecule has 1 aromatic rings. The van der Waals surface area contributed by atoms with Crippen molar-refractivity contribution < 1.29 is 4.79 Å². The number of halogens is 1. The molecular formula is C6H8IN3O. The predicted molar refractivity (Wildman–Crippen MR) is 49.0 cm³/mol. The van der Waals surface area contributed by atoms with Gasteiger partial charge in [0, 0.05) is 13.2 Å². The van der Waals surface area contributed by atoms with Crippen LogP contribution in [-0.2, 0) is 11.3 Å². The van der Waals surface area contributed by atoms with E-state index in [9.17, 15) is 4.79 Å². The maximum Gasteiger partial charge on any atom is 0.241 e. The highest BCUT2D eigenvalue weighted by Gasteiger charge is 1.99. The molecule has 0 saturated heterocycles. The SMILES string of the molecule is CNC(=O)Cn1cc(I)cn1. The van der Waals surface area contributed by atoms with Crippen LogP contribution in [0.5, 0.6) is 0 Å². The highest BCUT2D eigenvalue weighted by molar-refractivity contribution is 14.1. The van der Waals surface area contributed by atoms with Gasteiger partial charge in [0.05, 0.1) is 9.77 Å². The Labute approximate surface area is 78.1 Å². The van der Waals surface area contributed by atoms with Crippen molar-refractivity contribution in [3.63, 3.8) is 0 Å². The molecule has 0 unspecified atom stereocenters. The molecule has 0 radical (unpaired) electrons. The summed E-state index contributed by atoms with van der Waals surface area (Å²) in [6.07, 6.45) is 3.53. The van der Waals surface area contributed by atoms with Gasteiger partial charge in [-0.05, 0) is 22.6 Å². The van der Waals surface area contributed by atoms with Crippen molar-refractivity contribution in [2.45, 2.75) is 6.54 Å². The van der Waals surface area contributed by atoms with E-state index in [1.807, 2.05) is 6.20 Å². The number of hydrogen-bond donors (Lipinski definition) is 1. The number of carbonyl (C=O) groups excluding carboxylic acids is 1. The lowest BCUT2D eigenvalue weighted by molar-refractivity contribution is -0.121. The molecule has 0 saturated carbocycles. The lowest BCUT2D eigenvalue weighted by atomic mass is 10.6. The number of hydrogen-bond acceptors (Lipinski definition) is 2. The third-order valence-electron chi connectivity index (χ3n) is 1.19. The molecule has 0 bridgehead atoms. The molecule has 5 heteroatoms. The van der Waals surface area contributed by atoms with Gasteiger partial charge in [0.2, 0.25) is 5.91 Å². The first kappa shape index (κ1) is 8.51. The number of aromatic nitrogens is 2. The summed E-state index contributed by atoms with van der Waals surface area (Å²) in [7, 11) is 1.61. The molecule has 11 heavy (non-hydrogen) atoms. The van der Waals surface area contributed by atoms with Crippen LogP contribution in [0.4, 0.5) is 0 Å². The molecular weight excluding hydrogens is 257 g/mol. The molecule has 0 atom stereocenters. The van der Waals surface area contributed by atoms with Crippen LogP contribution in [0.2, 0.25) is 0 Å². The molecule has 1 heterocycles. The Kier molecular flexibility index (Phi) is 2.86. The minimum Gasteiger partial charge on any atom is -0.358 e. The lowest BCUT2D eigenvalue weighted by Gasteiger charge is -1.97. The molecule has 60 valence electrons. The van der Waals surface area contributed by atoms with Crippen molar-refractivity contribution in [2.75, 3.05) is 7.05 Å². The standard InChI is InChI=1S/C6H8IN3O/c1-8-6(11)4-10-3-5(7)2-9-10/h2-3H,4H2,1H3,(H,8,11). The molecule has 0 spiro atoms. The van der Waals surface area contributed by atoms with E-state index in [0.29, 0.717) is 6.54 Å². The predicted octanol–water partition coefficient (Wildman–Crippen LogP) is 0.234. The van der Waals surface area contributed by atoms with E-state index in [1.165, 1.54) is 0 Å². The first-order valence-electron chi connectivity index (χ1n) is 3.11. The van der Waals surface area contributed by atoms with Crippen LogP contribution in [0, 0.1) is 3.57 Å². The average molecular weight is 265 g/mol. The molecule has 1 amide bonds. The lowest BCUT2D eigenvalue weighted by Crippen LogP contribution is -2.23. The second-order valence-electron chi connectivity index (χ2n) is 2.03. The van der Waals surface area contributed by atoms with Gasteiger partial charge >= 0.3 is 0 Å². The van der Waals surface area contributed by atoms with Crippen LogP contribution in [0.25, 0.3) is 0 Å². The number of amides is 1. The zero-order valence-corrected chi connectivity index (χ0v) is 8.20. The van der Waals surface area contributed by atoms with Crippen molar-refractivity contribution in [3.8, 4) is 0 Å². The Bertz CT molecular complexity index is 258. The summed E-state index contributed by atoms with van der Waals surface area (Å²) in [5, 5.41) is 6.47. The second-order valence-corrected chi connectivity index (χ2v) is 3.27. The van der Waals surface area contributed by atoms with Crippen LogP contribution < -0.4 is 5.32 Å². The summed E-state index contributed by atoms with van der Waals surface area (Å²) < 4.78 is 2.63. The van der Waals surface area contributed by atoms with E-state index >= 15 is 0 Å². The van der Waals surface area contributed by atoms with Gasteiger partial charge in [-0.25, -0.2) is 0 Å². The average Bonchev–Trinajstić information content (AvgIpc) is 2.35. The van der Waals surface area contributed by atoms with E-state index in [1.54, 1.807) is 17.9 Å². The first-order valence-corrected chi connectivity index (χ1v) is 4.19. The highest BCUT2D eigenvalue weighted by atomic mass is 127. The highest BCUT2D eigenvalue weighted by Crippen LogP contribution is 2.00. The van der Waals surface area contributed by atoms with Gasteiger partial charge in [0.25, 0.3) is 0 Å². The van der Waals surface area contributed by atoms with Gasteiger partial charge < -0.3 is 5.32 Å². The number of nitrogens with one attached hydrogen (secondary N) is 1. The van der Waals surface area contributed by atoms with Gasteiger partial charge in [-0.3, -0.25) is 9.48 Å². The summed E-state index contributed by atoms with van der Waals surface area (Å²) in [6.45, 7) is 0.291. The van der Waals surface area contributed by atoms with Crippen LogP contribution in [0.3, 0.4) is 0 Å². The molecule has 1 N–H and O–H groups in total. The summed E-state index contributed by atoms with van der Waals surface area (Å²) in [5.41, 5.74) is 0. The summed E-state index contributed by atoms with van der Waals surface area (Å²) >= 11 is 2.14. The fraction of sp³-hybridized carbons (Fsp3) is 0.333. The summed E-state index contributed by atoms with van der Waals surface area (Å²) in [5.74, 6) is -0.0375. The van der Waals surface area contributed by atoms with Crippen LogP contribution in [0.15, 0.2) is 12.4 Å². The van der Waals surface area contributed by atoms with E-state index in [0.717, 1.165) is 3.57 Å². The normalized spacial score (nSPS) is 9.64. The van der Waals surface area contributed by atoms with Gasteiger partial charge in [-0.1, -0.05) is 0 Å². The second kappa shape index (κ2) is 3.70. The smallest absolute Gasteiger partial charge is 0.241 e. The van der Waals surface area contributed by atoms with E-state index in [-0.39, 0.29) is 5.91 Å². The molecule has 1 aromatic heterocycles. The summed E-state index contributed by atoms with van der Waals surface area (Å²) in [4.78, 5) is 10.8. The minimum absolute atomic E-state index is 0.0375. The van der Waals surface area contributed by atoms with Crippen molar-refractivity contribution in [1.29, 1.82) is 0 Å². The van der Waals surface area contributed by atoms with Crippen molar-refractivity contribution >= 4 is 28.5 Å². The zero-order valence-electron chi connectivity index (χ0n) is 6.04. The van der Waals surface area contributed by atoms with Gasteiger partial charge in [0.1, 0.15) is 6.54 Å².